The van der Waals surface area contributed by atoms with E-state index in [9.17, 15) is 9.59 Å². The summed E-state index contributed by atoms with van der Waals surface area (Å²) in [5.41, 5.74) is 0.772. The summed E-state index contributed by atoms with van der Waals surface area (Å²) >= 11 is 0. The number of hydrogen-bond acceptors (Lipinski definition) is 3. The molecule has 1 aliphatic heterocycles. The third kappa shape index (κ3) is 3.85. The van der Waals surface area contributed by atoms with Crippen molar-refractivity contribution in [2.24, 2.45) is 0 Å². The van der Waals surface area contributed by atoms with E-state index in [0.717, 1.165) is 12.0 Å². The van der Waals surface area contributed by atoms with Crippen molar-refractivity contribution in [1.29, 1.82) is 0 Å². The first kappa shape index (κ1) is 18.2. The lowest BCUT2D eigenvalue weighted by molar-refractivity contribution is -0.167. The fraction of sp³-hybridized carbons (Fsp3) is 0.474. The number of carbonyl (C=O) groups is 2. The van der Waals surface area contributed by atoms with Gasteiger partial charge in [-0.25, -0.2) is 0 Å². The van der Waals surface area contributed by atoms with Crippen LogP contribution in [-0.2, 0) is 14.3 Å². The summed E-state index contributed by atoms with van der Waals surface area (Å²) in [4.78, 5) is 27.5. The van der Waals surface area contributed by atoms with E-state index in [2.05, 4.69) is 0 Å². The number of β-lactam (4-membered cyclic amide) rings is 1. The molecule has 1 aromatic carbocycles. The monoisotopic (exact) mass is 330 g/mol. The molecule has 1 aromatic rings. The van der Waals surface area contributed by atoms with Crippen LogP contribution < -0.4 is 0 Å². The second-order valence-corrected chi connectivity index (χ2v) is 6.92. The van der Waals surface area contributed by atoms with Crippen LogP contribution in [-0.4, -0.2) is 60.0 Å². The van der Waals surface area contributed by atoms with Crippen LogP contribution in [0.4, 0.5) is 0 Å². The van der Waals surface area contributed by atoms with E-state index >= 15 is 0 Å². The van der Waals surface area contributed by atoms with Crippen LogP contribution in [0.3, 0.4) is 0 Å². The number of rotatable bonds is 7. The molecule has 5 heteroatoms. The van der Waals surface area contributed by atoms with Crippen LogP contribution in [0.15, 0.2) is 36.4 Å². The van der Waals surface area contributed by atoms with Crippen LogP contribution in [0.2, 0.25) is 0 Å². The summed E-state index contributed by atoms with van der Waals surface area (Å²) in [5.74, 6) is -0.0200. The molecule has 0 radical (unpaired) electrons. The minimum Gasteiger partial charge on any atom is -0.383 e. The van der Waals surface area contributed by atoms with Crippen molar-refractivity contribution >= 4 is 18.4 Å². The van der Waals surface area contributed by atoms with Crippen molar-refractivity contribution in [3.05, 3.63) is 42.0 Å². The van der Waals surface area contributed by atoms with Gasteiger partial charge in [0.05, 0.1) is 12.6 Å². The number of likely N-dealkylation sites (tertiary alicyclic amines) is 1. The van der Waals surface area contributed by atoms with Crippen molar-refractivity contribution in [1.82, 2.24) is 9.80 Å². The van der Waals surface area contributed by atoms with Gasteiger partial charge in [0.2, 0.25) is 12.3 Å². The first-order valence-electron chi connectivity index (χ1n) is 8.16. The molecule has 130 valence electrons. The predicted octanol–water partition coefficient (Wildman–Crippen LogP) is 2.18. The largest absolute Gasteiger partial charge is 0.383 e. The van der Waals surface area contributed by atoms with Gasteiger partial charge in [0.1, 0.15) is 6.04 Å². The highest BCUT2D eigenvalue weighted by atomic mass is 16.5. The predicted molar refractivity (Wildman–Crippen MR) is 94.3 cm³/mol. The van der Waals surface area contributed by atoms with Crippen LogP contribution >= 0.6 is 0 Å². The third-order valence-corrected chi connectivity index (χ3v) is 4.17. The molecule has 0 saturated carbocycles. The molecule has 5 nitrogen and oxygen atoms in total. The molecule has 24 heavy (non-hydrogen) atoms. The van der Waals surface area contributed by atoms with Gasteiger partial charge in [-0.2, -0.15) is 0 Å². The summed E-state index contributed by atoms with van der Waals surface area (Å²) in [7, 11) is 1.58. The number of amides is 2. The molecule has 0 unspecified atom stereocenters. The van der Waals surface area contributed by atoms with Gasteiger partial charge < -0.3 is 14.5 Å². The highest BCUT2D eigenvalue weighted by Crippen LogP contribution is 2.33. The van der Waals surface area contributed by atoms with Crippen molar-refractivity contribution in [2.45, 2.75) is 38.4 Å². The molecule has 0 aliphatic carbocycles. The zero-order chi connectivity index (χ0) is 17.7. The number of methoxy groups -OCH3 is 1. The Balaban J connectivity index is 2.24. The Morgan fingerprint density at radius 1 is 1.25 bits per heavy atom. The quantitative estimate of drug-likeness (QED) is 0.569. The van der Waals surface area contributed by atoms with Gasteiger partial charge >= 0.3 is 0 Å². The number of nitrogens with zero attached hydrogens (tertiary/aromatic N) is 2. The summed E-state index contributed by atoms with van der Waals surface area (Å²) in [6.07, 6.45) is 4.75. The zero-order valence-electron chi connectivity index (χ0n) is 14.8. The van der Waals surface area contributed by atoms with E-state index in [1.165, 1.54) is 4.90 Å². The van der Waals surface area contributed by atoms with Gasteiger partial charge in [0, 0.05) is 19.2 Å². The molecule has 2 amide bonds. The fourth-order valence-electron chi connectivity index (χ4n) is 3.03. The Morgan fingerprint density at radius 3 is 2.46 bits per heavy atom. The van der Waals surface area contributed by atoms with Crippen LogP contribution in [0.1, 0.15) is 26.3 Å². The topological polar surface area (TPSA) is 49.9 Å². The highest BCUT2D eigenvalue weighted by Gasteiger charge is 2.52. The number of ether oxygens (including phenoxy) is 1. The lowest BCUT2D eigenvalue weighted by Crippen LogP contribution is -2.74. The van der Waals surface area contributed by atoms with E-state index < -0.39 is 6.04 Å². The normalized spacial score (nSPS) is 21.0. The minimum atomic E-state index is -0.461. The minimum absolute atomic E-state index is 0.0200. The number of carbonyl (C=O) groups excluding carboxylic acids is 2. The van der Waals surface area contributed by atoms with E-state index in [1.807, 2.05) is 68.2 Å². The Bertz CT molecular complexity index is 592. The molecule has 2 rings (SSSR count). The summed E-state index contributed by atoms with van der Waals surface area (Å²) in [6, 6.07) is 9.33. The molecule has 0 spiro atoms. The smallest absolute Gasteiger partial charge is 0.248 e. The Hall–Kier alpha value is -2.14. The highest BCUT2D eigenvalue weighted by molar-refractivity contribution is 5.92. The Labute approximate surface area is 143 Å². The van der Waals surface area contributed by atoms with Crippen molar-refractivity contribution in [3.63, 3.8) is 0 Å². The maximum atomic E-state index is 12.6. The van der Waals surface area contributed by atoms with Gasteiger partial charge in [-0.15, -0.1) is 0 Å². The van der Waals surface area contributed by atoms with Crippen LogP contribution in [0, 0.1) is 0 Å². The maximum Gasteiger partial charge on any atom is 0.248 e. The molecule has 0 N–H and O–H groups in total. The van der Waals surface area contributed by atoms with Gasteiger partial charge in [0.15, 0.2) is 0 Å². The van der Waals surface area contributed by atoms with Crippen molar-refractivity contribution in [3.8, 4) is 0 Å². The number of hydrogen-bond donors (Lipinski definition) is 0. The molecule has 0 aromatic heterocycles. The molecule has 1 aliphatic rings. The molecule has 2 atom stereocenters. The van der Waals surface area contributed by atoms with Crippen molar-refractivity contribution < 1.29 is 14.3 Å². The third-order valence-electron chi connectivity index (χ3n) is 4.17. The SMILES string of the molecule is COCCN(C=O)[C@@H]1C(=O)N(C(C)(C)C)[C@@H]1/C=C/c1ccccc1. The van der Waals surface area contributed by atoms with Gasteiger partial charge in [-0.05, 0) is 26.3 Å². The number of benzene rings is 1. The first-order chi connectivity index (χ1) is 11.4. The fourth-order valence-corrected chi connectivity index (χ4v) is 3.03. The summed E-state index contributed by atoms with van der Waals surface area (Å²) in [5, 5.41) is 0. The molecule has 1 heterocycles. The van der Waals surface area contributed by atoms with Crippen molar-refractivity contribution in [2.75, 3.05) is 20.3 Å². The van der Waals surface area contributed by atoms with Gasteiger partial charge in [0.25, 0.3) is 0 Å². The molecule has 1 saturated heterocycles. The van der Waals surface area contributed by atoms with Gasteiger partial charge in [-0.3, -0.25) is 9.59 Å². The lowest BCUT2D eigenvalue weighted by atomic mass is 9.86. The second kappa shape index (κ2) is 7.62. The van der Waals surface area contributed by atoms with E-state index in [-0.39, 0.29) is 17.5 Å². The Morgan fingerprint density at radius 2 is 1.92 bits per heavy atom. The standard InChI is InChI=1S/C19H26N2O3/c1-19(2,3)21-16(11-10-15-8-6-5-7-9-15)17(18(21)23)20(14-22)12-13-24-4/h5-11,14,16-17H,12-13H2,1-4H3/b11-10+/t16-,17+/m1/s1. The molecular formula is C19H26N2O3. The molecule has 1 fully saturated rings. The van der Waals surface area contributed by atoms with Crippen LogP contribution in [0.5, 0.6) is 0 Å². The summed E-state index contributed by atoms with van der Waals surface area (Å²) < 4.78 is 5.04. The Kier molecular flexibility index (Phi) is 5.78. The zero-order valence-corrected chi connectivity index (χ0v) is 14.8. The average molecular weight is 330 g/mol. The van der Waals surface area contributed by atoms with E-state index in [4.69, 9.17) is 4.74 Å². The average Bonchev–Trinajstić information content (AvgIpc) is 2.54. The lowest BCUT2D eigenvalue weighted by Gasteiger charge is -2.55. The van der Waals surface area contributed by atoms with E-state index in [0.29, 0.717) is 13.2 Å². The summed E-state index contributed by atoms with van der Waals surface area (Å²) in [6.45, 7) is 6.83. The van der Waals surface area contributed by atoms with Gasteiger partial charge in [-0.1, -0.05) is 42.5 Å². The second-order valence-electron chi connectivity index (χ2n) is 6.92. The van der Waals surface area contributed by atoms with Crippen LogP contribution in [0.25, 0.3) is 6.08 Å². The maximum absolute atomic E-state index is 12.6. The molecular weight excluding hydrogens is 304 g/mol. The molecule has 0 bridgehead atoms. The first-order valence-corrected chi connectivity index (χ1v) is 8.16. The van der Waals surface area contributed by atoms with E-state index in [1.54, 1.807) is 7.11 Å².